The van der Waals surface area contributed by atoms with Crippen molar-refractivity contribution in [1.82, 2.24) is 0 Å². The minimum Gasteiger partial charge on any atom is -0.481 e. The largest absolute Gasteiger partial charge is 0.481 e. The number of benzene rings is 1. The van der Waals surface area contributed by atoms with Gasteiger partial charge in [0, 0.05) is 23.9 Å². The molecule has 0 amide bonds. The summed E-state index contributed by atoms with van der Waals surface area (Å²) in [5.41, 5.74) is 0.496. The maximum atomic E-state index is 11.4. The van der Waals surface area contributed by atoms with Gasteiger partial charge in [0.2, 0.25) is 0 Å². The summed E-state index contributed by atoms with van der Waals surface area (Å²) >= 11 is 0. The lowest BCUT2D eigenvalue weighted by Crippen LogP contribution is -2.36. The number of carboxylic acids is 1. The fraction of sp³-hybridized carbons (Fsp3) is 0.500. The highest BCUT2D eigenvalue weighted by molar-refractivity contribution is 5.75. The molecule has 0 heterocycles. The van der Waals surface area contributed by atoms with E-state index in [9.17, 15) is 20.0 Å². The summed E-state index contributed by atoms with van der Waals surface area (Å²) in [4.78, 5) is 21.7. The van der Waals surface area contributed by atoms with Gasteiger partial charge < -0.3 is 10.4 Å². The van der Waals surface area contributed by atoms with Crippen molar-refractivity contribution in [2.24, 2.45) is 5.41 Å². The Labute approximate surface area is 118 Å². The van der Waals surface area contributed by atoms with Crippen LogP contribution >= 0.6 is 0 Å². The van der Waals surface area contributed by atoms with Crippen LogP contribution in [0.1, 0.15) is 32.3 Å². The van der Waals surface area contributed by atoms with Gasteiger partial charge in [-0.15, -0.1) is 0 Å². The molecule has 0 saturated carbocycles. The number of aliphatic carboxylic acids is 1. The topological polar surface area (TPSA) is 92.5 Å². The number of nitro benzene ring substituents is 1. The van der Waals surface area contributed by atoms with Crippen LogP contribution in [-0.4, -0.2) is 22.5 Å². The van der Waals surface area contributed by atoms with Gasteiger partial charge in [-0.05, 0) is 31.9 Å². The predicted octanol–water partition coefficient (Wildman–Crippen LogP) is 3.21. The predicted molar refractivity (Wildman–Crippen MR) is 77.0 cm³/mol. The zero-order valence-corrected chi connectivity index (χ0v) is 12.0. The van der Waals surface area contributed by atoms with Crippen LogP contribution < -0.4 is 5.32 Å². The first-order valence-electron chi connectivity index (χ1n) is 6.58. The monoisotopic (exact) mass is 280 g/mol. The summed E-state index contributed by atoms with van der Waals surface area (Å²) in [6.45, 7) is 5.65. The lowest BCUT2D eigenvalue weighted by atomic mass is 9.82. The molecule has 0 atom stereocenters. The quantitative estimate of drug-likeness (QED) is 0.591. The van der Waals surface area contributed by atoms with Gasteiger partial charge in [-0.25, -0.2) is 0 Å². The van der Waals surface area contributed by atoms with Crippen LogP contribution in [0, 0.1) is 22.5 Å². The van der Waals surface area contributed by atoms with Crippen molar-refractivity contribution in [1.29, 1.82) is 0 Å². The molecular weight excluding hydrogens is 260 g/mol. The smallest absolute Gasteiger partial charge is 0.311 e. The maximum absolute atomic E-state index is 11.4. The van der Waals surface area contributed by atoms with Gasteiger partial charge in [-0.2, -0.15) is 0 Å². The second kappa shape index (κ2) is 6.36. The Morgan fingerprint density at radius 3 is 2.40 bits per heavy atom. The van der Waals surface area contributed by atoms with E-state index in [0.29, 0.717) is 30.6 Å². The van der Waals surface area contributed by atoms with Crippen LogP contribution in [-0.2, 0) is 4.79 Å². The van der Waals surface area contributed by atoms with Gasteiger partial charge in [-0.3, -0.25) is 14.9 Å². The van der Waals surface area contributed by atoms with Crippen LogP contribution in [0.15, 0.2) is 18.2 Å². The molecule has 0 saturated heterocycles. The molecule has 0 fully saturated rings. The summed E-state index contributed by atoms with van der Waals surface area (Å²) in [7, 11) is 0. The highest BCUT2D eigenvalue weighted by Crippen LogP contribution is 2.28. The van der Waals surface area contributed by atoms with Crippen LogP contribution in [0.25, 0.3) is 0 Å². The zero-order valence-electron chi connectivity index (χ0n) is 12.0. The molecule has 1 aromatic rings. The normalized spacial score (nSPS) is 11.2. The van der Waals surface area contributed by atoms with E-state index in [4.69, 9.17) is 0 Å². The highest BCUT2D eigenvalue weighted by atomic mass is 16.6. The van der Waals surface area contributed by atoms with Crippen molar-refractivity contribution in [3.8, 4) is 0 Å². The number of nitrogens with one attached hydrogen (secondary N) is 1. The molecule has 0 unspecified atom stereocenters. The van der Waals surface area contributed by atoms with E-state index in [2.05, 4.69) is 5.32 Å². The molecule has 1 rings (SSSR count). The fourth-order valence-corrected chi connectivity index (χ4v) is 2.12. The molecule has 1 aromatic carbocycles. The summed E-state index contributed by atoms with van der Waals surface area (Å²) in [6, 6.07) is 4.69. The highest BCUT2D eigenvalue weighted by Gasteiger charge is 2.34. The average Bonchev–Trinajstić information content (AvgIpc) is 2.39. The third-order valence-corrected chi connectivity index (χ3v) is 3.83. The number of anilines is 1. The average molecular weight is 280 g/mol. The Morgan fingerprint density at radius 2 is 2.00 bits per heavy atom. The zero-order chi connectivity index (χ0) is 15.3. The van der Waals surface area contributed by atoms with Crippen molar-refractivity contribution in [3.05, 3.63) is 33.9 Å². The summed E-state index contributed by atoms with van der Waals surface area (Å²) in [5, 5.41) is 23.2. The van der Waals surface area contributed by atoms with Gasteiger partial charge in [-0.1, -0.05) is 13.8 Å². The molecule has 20 heavy (non-hydrogen) atoms. The van der Waals surface area contributed by atoms with Crippen LogP contribution in [0.3, 0.4) is 0 Å². The van der Waals surface area contributed by atoms with Gasteiger partial charge in [0.25, 0.3) is 5.69 Å². The second-order valence-electron chi connectivity index (χ2n) is 4.90. The van der Waals surface area contributed by atoms with E-state index in [0.717, 1.165) is 0 Å². The van der Waals surface area contributed by atoms with Gasteiger partial charge in [0.15, 0.2) is 0 Å². The Morgan fingerprint density at radius 1 is 1.40 bits per heavy atom. The summed E-state index contributed by atoms with van der Waals surface area (Å²) in [6.07, 6.45) is 1.05. The van der Waals surface area contributed by atoms with E-state index in [-0.39, 0.29) is 5.69 Å². The Balaban J connectivity index is 2.87. The SMILES string of the molecule is CCC(CC)(CNc1ccc([N+](=O)[O-])c(C)c1)C(=O)O. The van der Waals surface area contributed by atoms with Crippen molar-refractivity contribution < 1.29 is 14.8 Å². The first-order chi connectivity index (χ1) is 9.36. The molecule has 0 bridgehead atoms. The number of nitrogens with zero attached hydrogens (tertiary/aromatic N) is 1. The molecule has 2 N–H and O–H groups in total. The fourth-order valence-electron chi connectivity index (χ4n) is 2.12. The Kier molecular flexibility index (Phi) is 5.07. The minimum atomic E-state index is -0.825. The molecule has 0 radical (unpaired) electrons. The van der Waals surface area contributed by atoms with E-state index in [1.165, 1.54) is 6.07 Å². The number of carboxylic acid groups (broad SMARTS) is 1. The van der Waals surface area contributed by atoms with Crippen LogP contribution in [0.5, 0.6) is 0 Å². The first-order valence-corrected chi connectivity index (χ1v) is 6.58. The molecular formula is C14H20N2O4. The minimum absolute atomic E-state index is 0.0611. The maximum Gasteiger partial charge on any atom is 0.311 e. The van der Waals surface area contributed by atoms with E-state index < -0.39 is 16.3 Å². The third kappa shape index (κ3) is 3.26. The van der Waals surface area contributed by atoms with E-state index in [1.807, 2.05) is 13.8 Å². The molecule has 0 spiro atoms. The lowest BCUT2D eigenvalue weighted by molar-refractivity contribution is -0.385. The van der Waals surface area contributed by atoms with Gasteiger partial charge >= 0.3 is 5.97 Å². The van der Waals surface area contributed by atoms with Crippen molar-refractivity contribution >= 4 is 17.3 Å². The van der Waals surface area contributed by atoms with E-state index >= 15 is 0 Å². The molecule has 0 aliphatic heterocycles. The molecule has 6 nitrogen and oxygen atoms in total. The number of aryl methyl sites for hydroxylation is 1. The molecule has 6 heteroatoms. The Hall–Kier alpha value is -2.11. The molecule has 0 aromatic heterocycles. The van der Waals surface area contributed by atoms with Crippen molar-refractivity contribution in [3.63, 3.8) is 0 Å². The third-order valence-electron chi connectivity index (χ3n) is 3.83. The number of nitro groups is 1. The van der Waals surface area contributed by atoms with Crippen molar-refractivity contribution in [2.75, 3.05) is 11.9 Å². The molecule has 110 valence electrons. The molecule has 0 aliphatic carbocycles. The van der Waals surface area contributed by atoms with Gasteiger partial charge in [0.05, 0.1) is 10.3 Å². The number of hydrogen-bond acceptors (Lipinski definition) is 4. The van der Waals surface area contributed by atoms with Gasteiger partial charge in [0.1, 0.15) is 0 Å². The summed E-state index contributed by atoms with van der Waals surface area (Å²) in [5.74, 6) is -0.825. The lowest BCUT2D eigenvalue weighted by Gasteiger charge is -2.27. The molecule has 0 aliphatic rings. The number of hydrogen-bond donors (Lipinski definition) is 2. The summed E-state index contributed by atoms with van der Waals surface area (Å²) < 4.78 is 0. The van der Waals surface area contributed by atoms with Crippen LogP contribution in [0.2, 0.25) is 0 Å². The number of rotatable bonds is 7. The van der Waals surface area contributed by atoms with Crippen LogP contribution in [0.4, 0.5) is 11.4 Å². The number of carbonyl (C=O) groups is 1. The van der Waals surface area contributed by atoms with Crippen molar-refractivity contribution in [2.45, 2.75) is 33.6 Å². The van der Waals surface area contributed by atoms with E-state index in [1.54, 1.807) is 19.1 Å². The standard InChI is InChI=1S/C14H20N2O4/c1-4-14(5-2,13(17)18)9-15-11-6-7-12(16(19)20)10(3)8-11/h6-8,15H,4-5,9H2,1-3H3,(H,17,18). The first kappa shape index (κ1) is 15.9. The second-order valence-corrected chi connectivity index (χ2v) is 4.90. The Bertz CT molecular complexity index is 510.